The van der Waals surface area contributed by atoms with Gasteiger partial charge in [0.1, 0.15) is 6.04 Å². The van der Waals surface area contributed by atoms with Crippen LogP contribution in [-0.4, -0.2) is 56.3 Å². The van der Waals surface area contributed by atoms with Crippen LogP contribution in [0.3, 0.4) is 0 Å². The van der Waals surface area contributed by atoms with Crippen LogP contribution in [0.1, 0.15) is 22.3 Å². The standard InChI is InChI=1S/C25H24N4O7S/c1-35-21-10-5-17(12-22(21)36-2)24(31)28(15-16-4-3-11-27-14-16)20-13-23(30)29(25(20)32)18-6-8-19(9-7-18)37(26,33)34/h3-12,14,20H,13,15H2,1-2H3,(H2,26,33,34). The Morgan fingerprint density at radius 3 is 2.38 bits per heavy atom. The number of methoxy groups -OCH3 is 2. The molecule has 0 saturated carbocycles. The van der Waals surface area contributed by atoms with E-state index in [4.69, 9.17) is 14.6 Å². The number of nitrogens with zero attached hydrogens (tertiary/aromatic N) is 3. The summed E-state index contributed by atoms with van der Waals surface area (Å²) >= 11 is 0. The van der Waals surface area contributed by atoms with Gasteiger partial charge in [-0.25, -0.2) is 18.5 Å². The summed E-state index contributed by atoms with van der Waals surface area (Å²) in [5, 5.41) is 5.14. The van der Waals surface area contributed by atoms with Crippen LogP contribution in [0.15, 0.2) is 71.9 Å². The number of sulfonamides is 1. The Morgan fingerprint density at radius 1 is 1.08 bits per heavy atom. The molecule has 1 aliphatic heterocycles. The molecule has 1 fully saturated rings. The molecule has 3 aromatic rings. The third kappa shape index (κ3) is 5.29. The normalized spacial score (nSPS) is 15.5. The highest BCUT2D eigenvalue weighted by Crippen LogP contribution is 2.31. The molecule has 0 spiro atoms. The second-order valence-electron chi connectivity index (χ2n) is 8.19. The smallest absolute Gasteiger partial charge is 0.257 e. The number of hydrogen-bond donors (Lipinski definition) is 1. The fourth-order valence-electron chi connectivity index (χ4n) is 4.06. The number of pyridine rings is 1. The van der Waals surface area contributed by atoms with Gasteiger partial charge in [0.15, 0.2) is 11.5 Å². The average molecular weight is 525 g/mol. The molecule has 1 unspecified atom stereocenters. The van der Waals surface area contributed by atoms with Crippen molar-refractivity contribution in [3.63, 3.8) is 0 Å². The second kappa shape index (κ2) is 10.4. The third-order valence-electron chi connectivity index (χ3n) is 5.89. The number of anilines is 1. The van der Waals surface area contributed by atoms with Crippen molar-refractivity contribution >= 4 is 33.4 Å². The minimum Gasteiger partial charge on any atom is -0.493 e. The van der Waals surface area contributed by atoms with Crippen LogP contribution in [-0.2, 0) is 26.2 Å². The number of rotatable bonds is 8. The number of amides is 3. The van der Waals surface area contributed by atoms with Gasteiger partial charge < -0.3 is 14.4 Å². The molecular formula is C25H24N4O7S. The first-order chi connectivity index (χ1) is 17.6. The maximum Gasteiger partial charge on any atom is 0.257 e. The Bertz CT molecular complexity index is 1440. The molecule has 2 aromatic carbocycles. The minimum atomic E-state index is -3.95. The number of carbonyl (C=O) groups excluding carboxylic acids is 3. The topological polar surface area (TPSA) is 149 Å². The Kier molecular flexibility index (Phi) is 7.23. The first-order valence-electron chi connectivity index (χ1n) is 11.1. The zero-order chi connectivity index (χ0) is 26.7. The van der Waals surface area contributed by atoms with Gasteiger partial charge in [-0.15, -0.1) is 0 Å². The van der Waals surface area contributed by atoms with Gasteiger partial charge in [-0.05, 0) is 54.1 Å². The quantitative estimate of drug-likeness (QED) is 0.438. The monoisotopic (exact) mass is 524 g/mol. The zero-order valence-electron chi connectivity index (χ0n) is 20.0. The molecule has 0 bridgehead atoms. The van der Waals surface area contributed by atoms with Gasteiger partial charge in [-0.1, -0.05) is 6.07 Å². The van der Waals surface area contributed by atoms with Crippen molar-refractivity contribution in [1.82, 2.24) is 9.88 Å². The summed E-state index contributed by atoms with van der Waals surface area (Å²) in [4.78, 5) is 46.3. The van der Waals surface area contributed by atoms with Crippen LogP contribution in [0.5, 0.6) is 11.5 Å². The van der Waals surface area contributed by atoms with Gasteiger partial charge in [0.2, 0.25) is 15.9 Å². The summed E-state index contributed by atoms with van der Waals surface area (Å²) in [5.74, 6) is -0.887. The molecular weight excluding hydrogens is 500 g/mol. The van der Waals surface area contributed by atoms with Crippen LogP contribution < -0.4 is 19.5 Å². The van der Waals surface area contributed by atoms with Gasteiger partial charge in [0.05, 0.1) is 31.2 Å². The summed E-state index contributed by atoms with van der Waals surface area (Å²) in [6, 6.07) is 12.0. The van der Waals surface area contributed by atoms with E-state index >= 15 is 0 Å². The molecule has 1 aliphatic rings. The number of aromatic nitrogens is 1. The lowest BCUT2D eigenvalue weighted by Gasteiger charge is -2.28. The summed E-state index contributed by atoms with van der Waals surface area (Å²) in [7, 11) is -1.03. The lowest BCUT2D eigenvalue weighted by Crippen LogP contribution is -2.45. The summed E-state index contributed by atoms with van der Waals surface area (Å²) in [5.41, 5.74) is 1.06. The van der Waals surface area contributed by atoms with Crippen molar-refractivity contribution in [2.24, 2.45) is 5.14 Å². The predicted octanol–water partition coefficient (Wildman–Crippen LogP) is 1.72. The number of primary sulfonamides is 1. The third-order valence-corrected chi connectivity index (χ3v) is 6.82. The van der Waals surface area contributed by atoms with Crippen LogP contribution in [0, 0.1) is 0 Å². The molecule has 0 aliphatic carbocycles. The Morgan fingerprint density at radius 2 is 1.78 bits per heavy atom. The second-order valence-corrected chi connectivity index (χ2v) is 9.75. The summed E-state index contributed by atoms with van der Waals surface area (Å²) in [6.07, 6.45) is 2.90. The Hall–Kier alpha value is -4.29. The molecule has 2 N–H and O–H groups in total. The molecule has 11 nitrogen and oxygen atoms in total. The van der Waals surface area contributed by atoms with E-state index in [2.05, 4.69) is 4.98 Å². The first kappa shape index (κ1) is 25.8. The minimum absolute atomic E-state index is 0.0168. The van der Waals surface area contributed by atoms with E-state index in [-0.39, 0.29) is 29.1 Å². The fourth-order valence-corrected chi connectivity index (χ4v) is 4.58. The zero-order valence-corrected chi connectivity index (χ0v) is 20.8. The van der Waals surface area contributed by atoms with Crippen molar-refractivity contribution in [1.29, 1.82) is 0 Å². The van der Waals surface area contributed by atoms with Crippen molar-refractivity contribution < 1.29 is 32.3 Å². The van der Waals surface area contributed by atoms with E-state index in [1.54, 1.807) is 36.7 Å². The number of imide groups is 1. The summed E-state index contributed by atoms with van der Waals surface area (Å²) < 4.78 is 33.7. The van der Waals surface area contributed by atoms with Crippen LogP contribution in [0.2, 0.25) is 0 Å². The highest BCUT2D eigenvalue weighted by atomic mass is 32.2. The van der Waals surface area contributed by atoms with Gasteiger partial charge >= 0.3 is 0 Å². The maximum absolute atomic E-state index is 13.7. The van der Waals surface area contributed by atoms with E-state index in [1.165, 1.54) is 49.5 Å². The Balaban J connectivity index is 1.69. The largest absolute Gasteiger partial charge is 0.493 e. The molecule has 12 heteroatoms. The summed E-state index contributed by atoms with van der Waals surface area (Å²) in [6.45, 7) is 0.0168. The van der Waals surface area contributed by atoms with Crippen LogP contribution in [0.25, 0.3) is 0 Å². The molecule has 2 heterocycles. The molecule has 192 valence electrons. The molecule has 1 atom stereocenters. The van der Waals surface area contributed by atoms with Crippen LogP contribution >= 0.6 is 0 Å². The SMILES string of the molecule is COc1ccc(C(=O)N(Cc2cccnc2)C2CC(=O)N(c3ccc(S(N)(=O)=O)cc3)C2=O)cc1OC. The lowest BCUT2D eigenvalue weighted by molar-refractivity contribution is -0.122. The van der Waals surface area contributed by atoms with E-state index in [1.807, 2.05) is 0 Å². The predicted molar refractivity (Wildman–Crippen MR) is 132 cm³/mol. The van der Waals surface area contributed by atoms with E-state index in [0.29, 0.717) is 17.1 Å². The van der Waals surface area contributed by atoms with E-state index < -0.39 is 33.8 Å². The Labute approximate surface area is 213 Å². The number of hydrogen-bond acceptors (Lipinski definition) is 8. The van der Waals surface area contributed by atoms with Gasteiger partial charge in [-0.2, -0.15) is 0 Å². The number of benzene rings is 2. The van der Waals surface area contributed by atoms with Gasteiger partial charge in [0, 0.05) is 24.5 Å². The molecule has 4 rings (SSSR count). The lowest BCUT2D eigenvalue weighted by atomic mass is 10.1. The first-order valence-corrected chi connectivity index (χ1v) is 12.6. The van der Waals surface area contributed by atoms with Crippen molar-refractivity contribution in [2.45, 2.75) is 23.9 Å². The molecule has 0 radical (unpaired) electrons. The van der Waals surface area contributed by atoms with Crippen molar-refractivity contribution in [3.05, 3.63) is 78.1 Å². The average Bonchev–Trinajstić information content (AvgIpc) is 3.19. The molecule has 1 saturated heterocycles. The fraction of sp³-hybridized carbons (Fsp3) is 0.200. The van der Waals surface area contributed by atoms with E-state index in [0.717, 1.165) is 4.90 Å². The molecule has 37 heavy (non-hydrogen) atoms. The van der Waals surface area contributed by atoms with Crippen molar-refractivity contribution in [2.75, 3.05) is 19.1 Å². The van der Waals surface area contributed by atoms with E-state index in [9.17, 15) is 22.8 Å². The number of nitrogens with two attached hydrogens (primary N) is 1. The van der Waals surface area contributed by atoms with Gasteiger partial charge in [-0.3, -0.25) is 19.4 Å². The maximum atomic E-state index is 13.7. The van der Waals surface area contributed by atoms with Crippen molar-refractivity contribution in [3.8, 4) is 11.5 Å². The number of ether oxygens (including phenoxy) is 2. The van der Waals surface area contributed by atoms with Crippen LogP contribution in [0.4, 0.5) is 5.69 Å². The highest BCUT2D eigenvalue weighted by molar-refractivity contribution is 7.89. The number of carbonyl (C=O) groups is 3. The highest BCUT2D eigenvalue weighted by Gasteiger charge is 2.44. The molecule has 3 amide bonds. The van der Waals surface area contributed by atoms with Gasteiger partial charge in [0.25, 0.3) is 11.8 Å². The molecule has 1 aromatic heterocycles.